The molecule has 1 unspecified atom stereocenters. The van der Waals surface area contributed by atoms with E-state index in [1.54, 1.807) is 12.3 Å². The van der Waals surface area contributed by atoms with Gasteiger partial charge in [-0.05, 0) is 37.5 Å². The van der Waals surface area contributed by atoms with E-state index < -0.39 is 5.97 Å². The Kier molecular flexibility index (Phi) is 4.71. The Morgan fingerprint density at radius 1 is 1.25 bits per heavy atom. The molecule has 1 aromatic heterocycles. The summed E-state index contributed by atoms with van der Waals surface area (Å²) >= 11 is 0. The number of carboxylic acids is 1. The number of carboxylic acid groups (broad SMARTS) is 1. The number of rotatable bonds is 6. The molecular formula is C16H18N2O2. The highest BCUT2D eigenvalue weighted by Crippen LogP contribution is 2.11. The molecule has 0 spiro atoms. The molecule has 104 valence electrons. The molecule has 2 N–H and O–H groups in total. The molecule has 0 radical (unpaired) electrons. The van der Waals surface area contributed by atoms with Crippen molar-refractivity contribution in [2.24, 2.45) is 0 Å². The third kappa shape index (κ3) is 4.09. The van der Waals surface area contributed by atoms with Gasteiger partial charge in [0.25, 0.3) is 0 Å². The molecule has 0 saturated carbocycles. The Labute approximate surface area is 118 Å². The second kappa shape index (κ2) is 6.70. The minimum Gasteiger partial charge on any atom is -0.477 e. The number of aryl methyl sites for hydroxylation is 1. The molecule has 1 aromatic carbocycles. The van der Waals surface area contributed by atoms with Gasteiger partial charge in [0.1, 0.15) is 5.69 Å². The summed E-state index contributed by atoms with van der Waals surface area (Å²) in [4.78, 5) is 14.6. The van der Waals surface area contributed by atoms with Crippen LogP contribution in [0.3, 0.4) is 0 Å². The monoisotopic (exact) mass is 270 g/mol. The van der Waals surface area contributed by atoms with E-state index in [-0.39, 0.29) is 5.69 Å². The van der Waals surface area contributed by atoms with Gasteiger partial charge in [0, 0.05) is 6.04 Å². The quantitative estimate of drug-likeness (QED) is 0.846. The summed E-state index contributed by atoms with van der Waals surface area (Å²) in [7, 11) is 0. The van der Waals surface area contributed by atoms with Gasteiger partial charge in [0.2, 0.25) is 0 Å². The second-order valence-electron chi connectivity index (χ2n) is 4.81. The van der Waals surface area contributed by atoms with Crippen LogP contribution in [0.5, 0.6) is 0 Å². The van der Waals surface area contributed by atoms with E-state index >= 15 is 0 Å². The Morgan fingerprint density at radius 3 is 2.60 bits per heavy atom. The van der Waals surface area contributed by atoms with Crippen LogP contribution in [0, 0.1) is 0 Å². The van der Waals surface area contributed by atoms with Crippen molar-refractivity contribution in [3.8, 4) is 0 Å². The zero-order valence-electron chi connectivity index (χ0n) is 11.4. The van der Waals surface area contributed by atoms with Gasteiger partial charge in [-0.2, -0.15) is 0 Å². The maximum Gasteiger partial charge on any atom is 0.354 e. The molecule has 0 saturated heterocycles. The van der Waals surface area contributed by atoms with E-state index in [0.717, 1.165) is 18.5 Å². The van der Waals surface area contributed by atoms with E-state index in [1.807, 2.05) is 18.2 Å². The van der Waals surface area contributed by atoms with E-state index in [9.17, 15) is 4.79 Å². The number of anilines is 1. The van der Waals surface area contributed by atoms with Crippen LogP contribution in [0.15, 0.2) is 48.7 Å². The lowest BCUT2D eigenvalue weighted by atomic mass is 10.1. The minimum atomic E-state index is -1.01. The standard InChI is InChI=1S/C16H18N2O2/c1-12(7-8-13-5-3-2-4-6-13)18-14-9-10-15(16(19)20)17-11-14/h2-6,9-12,18H,7-8H2,1H3,(H,19,20). The van der Waals surface area contributed by atoms with Crippen LogP contribution in [0.2, 0.25) is 0 Å². The van der Waals surface area contributed by atoms with Crippen LogP contribution < -0.4 is 5.32 Å². The third-order valence-corrected chi connectivity index (χ3v) is 3.10. The molecule has 1 heterocycles. The lowest BCUT2D eigenvalue weighted by Crippen LogP contribution is -2.16. The average molecular weight is 270 g/mol. The third-order valence-electron chi connectivity index (χ3n) is 3.10. The van der Waals surface area contributed by atoms with Crippen molar-refractivity contribution in [3.05, 3.63) is 59.9 Å². The SMILES string of the molecule is CC(CCc1ccccc1)Nc1ccc(C(=O)O)nc1. The van der Waals surface area contributed by atoms with Gasteiger partial charge in [-0.3, -0.25) is 0 Å². The fraction of sp³-hybridized carbons (Fsp3) is 0.250. The van der Waals surface area contributed by atoms with E-state index in [2.05, 4.69) is 29.4 Å². The molecule has 2 aromatic rings. The highest BCUT2D eigenvalue weighted by atomic mass is 16.4. The Hall–Kier alpha value is -2.36. The van der Waals surface area contributed by atoms with Crippen LogP contribution in [0.25, 0.3) is 0 Å². The molecule has 0 aliphatic rings. The van der Waals surface area contributed by atoms with Gasteiger partial charge in [-0.15, -0.1) is 0 Å². The molecule has 0 fully saturated rings. The number of hydrogen-bond donors (Lipinski definition) is 2. The van der Waals surface area contributed by atoms with Crippen molar-refractivity contribution in [2.75, 3.05) is 5.32 Å². The molecule has 0 aliphatic heterocycles. The van der Waals surface area contributed by atoms with Gasteiger partial charge >= 0.3 is 5.97 Å². The average Bonchev–Trinajstić information content (AvgIpc) is 2.47. The lowest BCUT2D eigenvalue weighted by molar-refractivity contribution is 0.0690. The van der Waals surface area contributed by atoms with Gasteiger partial charge in [-0.1, -0.05) is 30.3 Å². The van der Waals surface area contributed by atoms with Crippen LogP contribution in [-0.2, 0) is 6.42 Å². The van der Waals surface area contributed by atoms with Crippen molar-refractivity contribution >= 4 is 11.7 Å². The normalized spacial score (nSPS) is 11.8. The number of pyridine rings is 1. The molecule has 0 aliphatic carbocycles. The second-order valence-corrected chi connectivity index (χ2v) is 4.81. The molecule has 1 atom stereocenters. The first-order valence-corrected chi connectivity index (χ1v) is 6.65. The molecule has 4 heteroatoms. The highest BCUT2D eigenvalue weighted by Gasteiger charge is 2.06. The largest absolute Gasteiger partial charge is 0.477 e. The van der Waals surface area contributed by atoms with E-state index in [1.165, 1.54) is 11.6 Å². The van der Waals surface area contributed by atoms with Crippen molar-refractivity contribution in [1.82, 2.24) is 4.98 Å². The zero-order valence-corrected chi connectivity index (χ0v) is 11.4. The first-order valence-electron chi connectivity index (χ1n) is 6.65. The van der Waals surface area contributed by atoms with Crippen LogP contribution >= 0.6 is 0 Å². The Balaban J connectivity index is 1.85. The van der Waals surface area contributed by atoms with Crippen molar-refractivity contribution in [3.63, 3.8) is 0 Å². The Bertz CT molecular complexity index is 552. The molecule has 20 heavy (non-hydrogen) atoms. The summed E-state index contributed by atoms with van der Waals surface area (Å²) in [5.74, 6) is -1.01. The fourth-order valence-corrected chi connectivity index (χ4v) is 1.99. The number of carbonyl (C=O) groups is 1. The number of hydrogen-bond acceptors (Lipinski definition) is 3. The van der Waals surface area contributed by atoms with Crippen LogP contribution in [0.4, 0.5) is 5.69 Å². The van der Waals surface area contributed by atoms with Gasteiger partial charge in [-0.25, -0.2) is 9.78 Å². The highest BCUT2D eigenvalue weighted by molar-refractivity contribution is 5.85. The van der Waals surface area contributed by atoms with Crippen LogP contribution in [0.1, 0.15) is 29.4 Å². The molecule has 0 amide bonds. The maximum atomic E-state index is 10.7. The molecule has 2 rings (SSSR count). The molecule has 0 bridgehead atoms. The summed E-state index contributed by atoms with van der Waals surface area (Å²) in [6.07, 6.45) is 3.57. The first-order chi connectivity index (χ1) is 9.65. The summed E-state index contributed by atoms with van der Waals surface area (Å²) in [5.41, 5.74) is 2.23. The van der Waals surface area contributed by atoms with E-state index in [4.69, 9.17) is 5.11 Å². The van der Waals surface area contributed by atoms with Gasteiger partial charge < -0.3 is 10.4 Å². The number of aromatic nitrogens is 1. The van der Waals surface area contributed by atoms with Gasteiger partial charge in [0.15, 0.2) is 0 Å². The summed E-state index contributed by atoms with van der Waals surface area (Å²) in [6, 6.07) is 13.9. The van der Waals surface area contributed by atoms with Crippen molar-refractivity contribution in [1.29, 1.82) is 0 Å². The molecular weight excluding hydrogens is 252 g/mol. The number of nitrogens with zero attached hydrogens (tertiary/aromatic N) is 1. The van der Waals surface area contributed by atoms with Crippen LogP contribution in [-0.4, -0.2) is 22.1 Å². The van der Waals surface area contributed by atoms with Gasteiger partial charge in [0.05, 0.1) is 11.9 Å². The summed E-state index contributed by atoms with van der Waals surface area (Å²) in [5, 5.41) is 12.1. The number of nitrogens with one attached hydrogen (secondary N) is 1. The van der Waals surface area contributed by atoms with E-state index in [0.29, 0.717) is 6.04 Å². The summed E-state index contributed by atoms with van der Waals surface area (Å²) in [6.45, 7) is 2.11. The minimum absolute atomic E-state index is 0.0625. The lowest BCUT2D eigenvalue weighted by Gasteiger charge is -2.15. The first kappa shape index (κ1) is 14.1. The molecule has 4 nitrogen and oxygen atoms in total. The predicted molar refractivity (Wildman–Crippen MR) is 79.0 cm³/mol. The topological polar surface area (TPSA) is 62.2 Å². The van der Waals surface area contributed by atoms with Crippen molar-refractivity contribution in [2.45, 2.75) is 25.8 Å². The van der Waals surface area contributed by atoms with Crippen molar-refractivity contribution < 1.29 is 9.90 Å². The summed E-state index contributed by atoms with van der Waals surface area (Å²) < 4.78 is 0. The Morgan fingerprint density at radius 2 is 2.00 bits per heavy atom. The number of aromatic carboxylic acids is 1. The predicted octanol–water partition coefficient (Wildman–Crippen LogP) is 3.21. The smallest absolute Gasteiger partial charge is 0.354 e. The maximum absolute atomic E-state index is 10.7. The number of benzene rings is 1. The zero-order chi connectivity index (χ0) is 14.4. The fourth-order valence-electron chi connectivity index (χ4n) is 1.99.